The fourth-order valence-electron chi connectivity index (χ4n) is 4.10. The van der Waals surface area contributed by atoms with Gasteiger partial charge in [0.2, 0.25) is 0 Å². The fourth-order valence-corrected chi connectivity index (χ4v) is 4.10. The summed E-state index contributed by atoms with van der Waals surface area (Å²) < 4.78 is 2.35. The van der Waals surface area contributed by atoms with Gasteiger partial charge in [-0.15, -0.1) is 0 Å². The van der Waals surface area contributed by atoms with Crippen LogP contribution in [0.1, 0.15) is 66.2 Å². The fraction of sp³-hybridized carbons (Fsp3) is 0.450. The highest BCUT2D eigenvalue weighted by Crippen LogP contribution is 2.42. The quantitative estimate of drug-likeness (QED) is 0.908. The molecule has 1 aliphatic heterocycles. The van der Waals surface area contributed by atoms with E-state index in [1.54, 1.807) is 0 Å². The van der Waals surface area contributed by atoms with Crippen molar-refractivity contribution in [2.45, 2.75) is 58.8 Å². The second-order valence-corrected chi connectivity index (χ2v) is 7.33. The van der Waals surface area contributed by atoms with Crippen molar-refractivity contribution in [3.8, 4) is 0 Å². The number of fused-ring (bicyclic) bond motifs is 1. The van der Waals surface area contributed by atoms with E-state index in [0.29, 0.717) is 12.1 Å². The molecule has 1 saturated carbocycles. The number of para-hydroxylation sites is 1. The molecule has 0 unspecified atom stereocenters. The zero-order chi connectivity index (χ0) is 17.0. The first kappa shape index (κ1) is 15.3. The van der Waals surface area contributed by atoms with Crippen LogP contribution >= 0.6 is 0 Å². The Labute approximate surface area is 143 Å². The van der Waals surface area contributed by atoms with Crippen molar-refractivity contribution in [3.05, 3.63) is 52.8 Å². The smallest absolute Gasteiger partial charge is 0.258 e. The summed E-state index contributed by atoms with van der Waals surface area (Å²) in [6.07, 6.45) is 2.14. The molecular formula is C20H25N3O. The van der Waals surface area contributed by atoms with Crippen LogP contribution in [-0.4, -0.2) is 21.4 Å². The van der Waals surface area contributed by atoms with E-state index >= 15 is 0 Å². The number of nitrogens with zero attached hydrogens (tertiary/aromatic N) is 2. The first-order valence-electron chi connectivity index (χ1n) is 8.85. The maximum atomic E-state index is 13.1. The molecule has 4 heteroatoms. The van der Waals surface area contributed by atoms with E-state index in [1.807, 2.05) is 24.3 Å². The Hall–Kier alpha value is -2.23. The van der Waals surface area contributed by atoms with Crippen LogP contribution in [0.25, 0.3) is 0 Å². The van der Waals surface area contributed by atoms with Crippen molar-refractivity contribution in [1.29, 1.82) is 0 Å². The van der Waals surface area contributed by atoms with Crippen LogP contribution in [0, 0.1) is 13.8 Å². The minimum Gasteiger partial charge on any atom is -0.361 e. The summed E-state index contributed by atoms with van der Waals surface area (Å²) in [5.74, 6) is 0.159. The topological polar surface area (TPSA) is 37.3 Å². The Morgan fingerprint density at radius 3 is 2.50 bits per heavy atom. The van der Waals surface area contributed by atoms with Gasteiger partial charge < -0.3 is 14.8 Å². The summed E-state index contributed by atoms with van der Waals surface area (Å²) in [4.78, 5) is 15.2. The van der Waals surface area contributed by atoms with Gasteiger partial charge in [-0.25, -0.2) is 0 Å². The van der Waals surface area contributed by atoms with Gasteiger partial charge in [0.15, 0.2) is 0 Å². The van der Waals surface area contributed by atoms with Gasteiger partial charge >= 0.3 is 0 Å². The van der Waals surface area contributed by atoms with Crippen molar-refractivity contribution in [1.82, 2.24) is 9.47 Å². The second-order valence-electron chi connectivity index (χ2n) is 7.33. The lowest BCUT2D eigenvalue weighted by Gasteiger charge is -2.38. The molecular weight excluding hydrogens is 298 g/mol. The van der Waals surface area contributed by atoms with Crippen LogP contribution in [-0.2, 0) is 0 Å². The van der Waals surface area contributed by atoms with Crippen molar-refractivity contribution in [3.63, 3.8) is 0 Å². The largest absolute Gasteiger partial charge is 0.361 e. The summed E-state index contributed by atoms with van der Waals surface area (Å²) in [6.45, 7) is 8.73. The zero-order valence-electron chi connectivity index (χ0n) is 14.8. The van der Waals surface area contributed by atoms with Crippen LogP contribution in [0.3, 0.4) is 0 Å². The van der Waals surface area contributed by atoms with Crippen molar-refractivity contribution in [2.75, 3.05) is 5.32 Å². The molecule has 2 heterocycles. The molecule has 1 N–H and O–H groups in total. The maximum absolute atomic E-state index is 13.1. The molecule has 1 aromatic carbocycles. The average molecular weight is 323 g/mol. The zero-order valence-corrected chi connectivity index (χ0v) is 14.8. The Balaban J connectivity index is 1.82. The third-order valence-electron chi connectivity index (χ3n) is 5.24. The number of amides is 1. The summed E-state index contributed by atoms with van der Waals surface area (Å²) in [5.41, 5.74) is 5.45. The Morgan fingerprint density at radius 2 is 1.88 bits per heavy atom. The first-order chi connectivity index (χ1) is 11.5. The number of nitrogens with one attached hydrogen (secondary N) is 1. The van der Waals surface area contributed by atoms with E-state index in [0.717, 1.165) is 24.1 Å². The third-order valence-corrected chi connectivity index (χ3v) is 5.24. The molecule has 1 aromatic heterocycles. The monoisotopic (exact) mass is 323 g/mol. The summed E-state index contributed by atoms with van der Waals surface area (Å²) in [6, 6.07) is 10.9. The minimum atomic E-state index is -0.0707. The minimum absolute atomic E-state index is 0.0707. The van der Waals surface area contributed by atoms with Crippen LogP contribution in [0.15, 0.2) is 30.3 Å². The van der Waals surface area contributed by atoms with E-state index in [-0.39, 0.29) is 12.1 Å². The van der Waals surface area contributed by atoms with E-state index in [2.05, 4.69) is 48.5 Å². The number of aromatic nitrogens is 1. The molecule has 24 heavy (non-hydrogen) atoms. The molecule has 0 bridgehead atoms. The van der Waals surface area contributed by atoms with Gasteiger partial charge in [-0.2, -0.15) is 0 Å². The van der Waals surface area contributed by atoms with Gasteiger partial charge in [-0.3, -0.25) is 4.79 Å². The van der Waals surface area contributed by atoms with Gasteiger partial charge in [0.05, 0.1) is 5.56 Å². The molecule has 2 aromatic rings. The average Bonchev–Trinajstić information content (AvgIpc) is 3.32. The summed E-state index contributed by atoms with van der Waals surface area (Å²) >= 11 is 0. The lowest BCUT2D eigenvalue weighted by molar-refractivity contribution is 0.0666. The van der Waals surface area contributed by atoms with Gasteiger partial charge in [0, 0.05) is 34.7 Å². The number of hydrogen-bond donors (Lipinski definition) is 1. The highest BCUT2D eigenvalue weighted by Gasteiger charge is 2.42. The van der Waals surface area contributed by atoms with Gasteiger partial charge in [0.25, 0.3) is 5.91 Å². The van der Waals surface area contributed by atoms with Crippen molar-refractivity contribution in [2.24, 2.45) is 0 Å². The third kappa shape index (κ3) is 2.24. The van der Waals surface area contributed by atoms with Crippen LogP contribution in [0.5, 0.6) is 0 Å². The Morgan fingerprint density at radius 1 is 1.17 bits per heavy atom. The standard InChI is InChI=1S/C20H25N3O/c1-12(2)22-13(3)11-17(14(22)4)19-21-18-8-6-5-7-16(18)20(24)23(19)15-9-10-15/h5-8,11-12,15,19,21H,9-10H2,1-4H3/t19-/m0/s1. The molecule has 0 saturated heterocycles. The molecule has 0 spiro atoms. The lowest BCUT2D eigenvalue weighted by Crippen LogP contribution is -2.44. The van der Waals surface area contributed by atoms with Crippen LogP contribution < -0.4 is 5.32 Å². The molecule has 1 atom stereocenters. The van der Waals surface area contributed by atoms with Crippen LogP contribution in [0.2, 0.25) is 0 Å². The predicted octanol–water partition coefficient (Wildman–Crippen LogP) is 4.41. The number of aryl methyl sites for hydroxylation is 1. The maximum Gasteiger partial charge on any atom is 0.258 e. The molecule has 1 amide bonds. The molecule has 2 aliphatic rings. The second kappa shape index (κ2) is 5.40. The predicted molar refractivity (Wildman–Crippen MR) is 96.3 cm³/mol. The Kier molecular flexibility index (Phi) is 3.44. The van der Waals surface area contributed by atoms with Crippen LogP contribution in [0.4, 0.5) is 5.69 Å². The highest BCUT2D eigenvalue weighted by molar-refractivity contribution is 6.02. The van der Waals surface area contributed by atoms with E-state index < -0.39 is 0 Å². The van der Waals surface area contributed by atoms with Gasteiger partial charge in [-0.05, 0) is 58.7 Å². The number of rotatable bonds is 3. The molecule has 126 valence electrons. The Bertz CT molecular complexity index is 801. The lowest BCUT2D eigenvalue weighted by atomic mass is 10.0. The van der Waals surface area contributed by atoms with E-state index in [4.69, 9.17) is 0 Å². The number of benzene rings is 1. The molecule has 0 radical (unpaired) electrons. The first-order valence-corrected chi connectivity index (χ1v) is 8.85. The molecule has 1 fully saturated rings. The molecule has 4 rings (SSSR count). The number of hydrogen-bond acceptors (Lipinski definition) is 2. The summed E-state index contributed by atoms with van der Waals surface area (Å²) in [5, 5.41) is 3.63. The molecule has 1 aliphatic carbocycles. The van der Waals surface area contributed by atoms with E-state index in [1.165, 1.54) is 17.0 Å². The van der Waals surface area contributed by atoms with Gasteiger partial charge in [-0.1, -0.05) is 12.1 Å². The summed E-state index contributed by atoms with van der Waals surface area (Å²) in [7, 11) is 0. The number of carbonyl (C=O) groups excluding carboxylic acids is 1. The number of anilines is 1. The van der Waals surface area contributed by atoms with Gasteiger partial charge in [0.1, 0.15) is 6.17 Å². The van der Waals surface area contributed by atoms with Crippen molar-refractivity contribution < 1.29 is 4.79 Å². The van der Waals surface area contributed by atoms with E-state index in [9.17, 15) is 4.79 Å². The normalized spacial score (nSPS) is 20.3. The SMILES string of the molecule is Cc1cc([C@H]2Nc3ccccc3C(=O)N2C2CC2)c(C)n1C(C)C. The molecule has 4 nitrogen and oxygen atoms in total. The van der Waals surface area contributed by atoms with Crippen molar-refractivity contribution >= 4 is 11.6 Å². The highest BCUT2D eigenvalue weighted by atomic mass is 16.2. The number of carbonyl (C=O) groups is 1.